The highest BCUT2D eigenvalue weighted by molar-refractivity contribution is 7.14. The summed E-state index contributed by atoms with van der Waals surface area (Å²) in [4.78, 5) is 72.7. The van der Waals surface area contributed by atoms with Crippen LogP contribution < -0.4 is 26.4 Å². The van der Waals surface area contributed by atoms with Gasteiger partial charge in [-0.1, -0.05) is 89.8 Å². The van der Waals surface area contributed by atoms with Crippen molar-refractivity contribution in [3.63, 3.8) is 0 Å². The van der Waals surface area contributed by atoms with E-state index in [-0.39, 0.29) is 11.8 Å². The molecule has 2 aromatic carbocycles. The van der Waals surface area contributed by atoms with Crippen molar-refractivity contribution in [1.82, 2.24) is 25.9 Å². The number of aliphatic carboxylic acids is 1. The first-order valence-corrected chi connectivity index (χ1v) is 19.2. The molecule has 0 aliphatic heterocycles. The number of amides is 4. The first-order valence-electron chi connectivity index (χ1n) is 18.4. The van der Waals surface area contributed by atoms with E-state index in [0.29, 0.717) is 22.9 Å². The van der Waals surface area contributed by atoms with Gasteiger partial charge in [-0.05, 0) is 47.2 Å². The Balaban J connectivity index is 1.44. The zero-order valence-electron chi connectivity index (χ0n) is 31.7. The van der Waals surface area contributed by atoms with Gasteiger partial charge in [0.1, 0.15) is 17.8 Å². The van der Waals surface area contributed by atoms with Crippen molar-refractivity contribution in [1.29, 1.82) is 0 Å². The van der Waals surface area contributed by atoms with E-state index in [0.717, 1.165) is 33.7 Å². The third-order valence-electron chi connectivity index (χ3n) is 8.66. The number of unbranched alkanes of at least 4 members (excludes halogenated alkanes) is 4. The monoisotopic (exact) mass is 770 g/mol. The third-order valence-corrected chi connectivity index (χ3v) is 10.2. The maximum absolute atomic E-state index is 13.6. The van der Waals surface area contributed by atoms with E-state index >= 15 is 0 Å². The molecule has 0 aliphatic carbocycles. The van der Waals surface area contributed by atoms with Crippen molar-refractivity contribution in [2.45, 2.75) is 90.1 Å². The highest BCUT2D eigenvalue weighted by Crippen LogP contribution is 2.29. The molecule has 14 heteroatoms. The fraction of sp³-hybridized carbons (Fsp3) is 0.390. The summed E-state index contributed by atoms with van der Waals surface area (Å²) < 4.78 is 5.88. The molecule has 13 nitrogen and oxygen atoms in total. The first kappa shape index (κ1) is 42.1. The largest absolute Gasteiger partial charge is 0.494 e. The standard InChI is InChI=1S/C41H50N6O7S/c1-5-6-7-8-9-20-54-30-16-14-27(15-17-30)29-23-44-37(45-24-29)28-12-10-26(11-13-28)21-31(46-39(51)33-18-19-34(55-33)41(2,3)4)38(50)47-32(40(52)53)22-36(49)43-25-35(42)48/h10-19,23-24,31-32H,5-9,20-22,25H2,1-4H3,(H2,42,48)(H,43,49)(H,46,51)(H,47,50)(H,52,53)/t31-,32-/m0/s1. The number of nitrogens with two attached hydrogens (primary N) is 1. The first-order chi connectivity index (χ1) is 26.2. The molecule has 55 heavy (non-hydrogen) atoms. The van der Waals surface area contributed by atoms with Crippen LogP contribution in [0, 0.1) is 0 Å². The number of carboxylic acid groups (broad SMARTS) is 1. The van der Waals surface area contributed by atoms with Gasteiger partial charge >= 0.3 is 5.97 Å². The van der Waals surface area contributed by atoms with E-state index in [1.807, 2.05) is 51.1 Å². The van der Waals surface area contributed by atoms with Crippen LogP contribution in [0.1, 0.15) is 86.3 Å². The van der Waals surface area contributed by atoms with E-state index in [1.54, 1.807) is 42.7 Å². The maximum Gasteiger partial charge on any atom is 0.326 e. The van der Waals surface area contributed by atoms with Gasteiger partial charge in [-0.15, -0.1) is 11.3 Å². The molecular formula is C41H50N6O7S. The molecule has 4 aromatic rings. The third kappa shape index (κ3) is 13.3. The van der Waals surface area contributed by atoms with Crippen LogP contribution >= 0.6 is 11.3 Å². The van der Waals surface area contributed by atoms with Crippen LogP contribution in [0.4, 0.5) is 0 Å². The highest BCUT2D eigenvalue weighted by atomic mass is 32.1. The lowest BCUT2D eigenvalue weighted by Gasteiger charge is -2.21. The molecule has 0 fully saturated rings. The predicted molar refractivity (Wildman–Crippen MR) is 212 cm³/mol. The fourth-order valence-corrected chi connectivity index (χ4v) is 6.48. The molecule has 0 saturated carbocycles. The number of rotatable bonds is 20. The normalized spacial score (nSPS) is 12.3. The minimum Gasteiger partial charge on any atom is -0.494 e. The van der Waals surface area contributed by atoms with Gasteiger partial charge in [0.25, 0.3) is 5.91 Å². The summed E-state index contributed by atoms with van der Waals surface area (Å²) in [5.74, 6) is -3.06. The SMILES string of the molecule is CCCCCCCOc1ccc(-c2cnc(-c3ccc(C[C@H](NC(=O)c4ccc(C(C)(C)C)s4)C(=O)N[C@@H](CC(=O)NCC(N)=O)C(=O)O)cc3)nc2)cc1. The predicted octanol–water partition coefficient (Wildman–Crippen LogP) is 5.42. The van der Waals surface area contributed by atoms with E-state index in [2.05, 4.69) is 32.8 Å². The zero-order valence-corrected chi connectivity index (χ0v) is 32.5. The van der Waals surface area contributed by atoms with Crippen LogP contribution in [0.25, 0.3) is 22.5 Å². The van der Waals surface area contributed by atoms with Crippen LogP contribution in [0.15, 0.2) is 73.1 Å². The molecule has 0 radical (unpaired) electrons. The molecule has 2 atom stereocenters. The number of benzene rings is 2. The lowest BCUT2D eigenvalue weighted by molar-refractivity contribution is -0.143. The van der Waals surface area contributed by atoms with Gasteiger partial charge < -0.3 is 31.5 Å². The highest BCUT2D eigenvalue weighted by Gasteiger charge is 2.29. The van der Waals surface area contributed by atoms with E-state index in [1.165, 1.54) is 37.0 Å². The van der Waals surface area contributed by atoms with Crippen LogP contribution in [0.3, 0.4) is 0 Å². The summed E-state index contributed by atoms with van der Waals surface area (Å²) in [6.07, 6.45) is 8.76. The molecule has 0 aliphatic rings. The minimum absolute atomic E-state index is 0.00787. The molecule has 0 unspecified atom stereocenters. The number of hydrogen-bond acceptors (Lipinski definition) is 9. The Bertz CT molecular complexity index is 1910. The van der Waals surface area contributed by atoms with E-state index in [4.69, 9.17) is 10.5 Å². The molecule has 292 valence electrons. The molecule has 0 saturated heterocycles. The number of nitrogens with zero attached hydrogens (tertiary/aromatic N) is 2. The number of primary amides is 1. The van der Waals surface area contributed by atoms with Gasteiger partial charge in [0, 0.05) is 34.8 Å². The van der Waals surface area contributed by atoms with Gasteiger partial charge in [-0.2, -0.15) is 0 Å². The van der Waals surface area contributed by atoms with Crippen LogP contribution in [-0.2, 0) is 31.0 Å². The van der Waals surface area contributed by atoms with E-state index in [9.17, 15) is 29.1 Å². The van der Waals surface area contributed by atoms with Crippen molar-refractivity contribution in [3.8, 4) is 28.3 Å². The number of aromatic nitrogens is 2. The van der Waals surface area contributed by atoms with Gasteiger partial charge in [0.15, 0.2) is 5.82 Å². The lowest BCUT2D eigenvalue weighted by Crippen LogP contribution is -2.53. The number of carbonyl (C=O) groups excluding carboxylic acids is 4. The molecule has 2 heterocycles. The molecule has 6 N–H and O–H groups in total. The number of hydrogen-bond donors (Lipinski definition) is 5. The summed E-state index contributed by atoms with van der Waals surface area (Å²) >= 11 is 1.30. The lowest BCUT2D eigenvalue weighted by atomic mass is 9.95. The Morgan fingerprint density at radius 2 is 1.47 bits per heavy atom. The van der Waals surface area contributed by atoms with Gasteiger partial charge in [-0.3, -0.25) is 19.2 Å². The number of thiophene rings is 1. The summed E-state index contributed by atoms with van der Waals surface area (Å²) in [7, 11) is 0. The summed E-state index contributed by atoms with van der Waals surface area (Å²) in [5, 5.41) is 17.1. The number of carbonyl (C=O) groups is 5. The van der Waals surface area contributed by atoms with Crippen molar-refractivity contribution in [2.24, 2.45) is 5.73 Å². The Morgan fingerprint density at radius 1 is 0.818 bits per heavy atom. The number of carboxylic acids is 1. The van der Waals surface area contributed by atoms with Gasteiger partial charge in [0.2, 0.25) is 17.7 Å². The van der Waals surface area contributed by atoms with Crippen LogP contribution in [-0.4, -0.2) is 69.9 Å². The van der Waals surface area contributed by atoms with E-state index < -0.39 is 54.6 Å². The number of ether oxygens (including phenoxy) is 1. The topological polar surface area (TPSA) is 203 Å². The van der Waals surface area contributed by atoms with Gasteiger partial charge in [0.05, 0.1) is 24.4 Å². The summed E-state index contributed by atoms with van der Waals surface area (Å²) in [6.45, 7) is 8.49. The van der Waals surface area contributed by atoms with Gasteiger partial charge in [-0.25, -0.2) is 14.8 Å². The molecule has 0 bridgehead atoms. The molecule has 0 spiro atoms. The molecule has 2 aromatic heterocycles. The van der Waals surface area contributed by atoms with Crippen molar-refractivity contribution < 1.29 is 33.8 Å². The second kappa shape index (κ2) is 20.2. The second-order valence-electron chi connectivity index (χ2n) is 14.3. The smallest absolute Gasteiger partial charge is 0.326 e. The quantitative estimate of drug-likeness (QED) is 0.0728. The summed E-state index contributed by atoms with van der Waals surface area (Å²) in [5.41, 5.74) is 8.06. The molecule has 4 rings (SSSR count). The number of nitrogens with one attached hydrogen (secondary N) is 3. The van der Waals surface area contributed by atoms with Crippen molar-refractivity contribution in [3.05, 3.63) is 88.4 Å². The Kier molecular flexibility index (Phi) is 15.4. The second-order valence-corrected chi connectivity index (χ2v) is 15.4. The average Bonchev–Trinajstić information content (AvgIpc) is 3.67. The van der Waals surface area contributed by atoms with Crippen molar-refractivity contribution in [2.75, 3.05) is 13.2 Å². The maximum atomic E-state index is 13.6. The Labute approximate surface area is 325 Å². The Hall–Kier alpha value is -5.63. The summed E-state index contributed by atoms with van der Waals surface area (Å²) in [6, 6.07) is 15.7. The average molecular weight is 771 g/mol. The minimum atomic E-state index is -1.63. The molecule has 4 amide bonds. The van der Waals surface area contributed by atoms with Crippen LogP contribution in [0.5, 0.6) is 5.75 Å². The zero-order chi connectivity index (χ0) is 40.0. The van der Waals surface area contributed by atoms with Crippen molar-refractivity contribution >= 4 is 40.9 Å². The molecular weight excluding hydrogens is 721 g/mol. The van der Waals surface area contributed by atoms with Crippen LogP contribution in [0.2, 0.25) is 0 Å². The Morgan fingerprint density at radius 3 is 2.07 bits per heavy atom. The fourth-order valence-electron chi connectivity index (χ4n) is 5.51.